The smallest absolute Gasteiger partial charge is 0.230 e. The topological polar surface area (TPSA) is 68.0 Å². The first-order valence-corrected chi connectivity index (χ1v) is 7.73. The average molecular weight is 350 g/mol. The summed E-state index contributed by atoms with van der Waals surface area (Å²) in [5.41, 5.74) is 0.739. The van der Waals surface area contributed by atoms with E-state index in [2.05, 4.69) is 31.4 Å². The molecule has 0 spiro atoms. The summed E-state index contributed by atoms with van der Waals surface area (Å²) < 4.78 is 6.05. The van der Waals surface area contributed by atoms with Crippen LogP contribution in [0.2, 0.25) is 0 Å². The molecule has 1 heterocycles. The van der Waals surface area contributed by atoms with E-state index in [0.29, 0.717) is 24.7 Å². The van der Waals surface area contributed by atoms with Crippen LogP contribution >= 0.6 is 15.9 Å². The van der Waals surface area contributed by atoms with Crippen LogP contribution in [0.4, 0.5) is 0 Å². The predicted molar refractivity (Wildman–Crippen MR) is 80.8 cm³/mol. The van der Waals surface area contributed by atoms with Gasteiger partial charge in [-0.05, 0) is 37.5 Å². The highest BCUT2D eigenvalue weighted by Gasteiger charge is 2.50. The molecule has 0 saturated heterocycles. The second-order valence-electron chi connectivity index (χ2n) is 5.33. The minimum Gasteiger partial charge on any atom is -0.355 e. The van der Waals surface area contributed by atoms with Gasteiger partial charge in [-0.25, -0.2) is 0 Å². The second kappa shape index (κ2) is 5.60. The van der Waals surface area contributed by atoms with Crippen LogP contribution in [0.15, 0.2) is 33.3 Å². The van der Waals surface area contributed by atoms with Crippen LogP contribution in [0.25, 0.3) is 0 Å². The number of aromatic nitrogens is 2. The number of nitrogens with zero attached hydrogens (tertiary/aromatic N) is 2. The molecular weight excluding hydrogens is 334 g/mol. The van der Waals surface area contributed by atoms with Gasteiger partial charge in [0, 0.05) is 17.4 Å². The molecule has 1 aliphatic rings. The maximum absolute atomic E-state index is 12.4. The van der Waals surface area contributed by atoms with Crippen molar-refractivity contribution < 1.29 is 9.32 Å². The largest absolute Gasteiger partial charge is 0.355 e. The molecule has 0 unspecified atom stereocenters. The molecule has 1 N–H and O–H groups in total. The Morgan fingerprint density at radius 1 is 1.38 bits per heavy atom. The normalized spacial score (nSPS) is 15.7. The first-order valence-electron chi connectivity index (χ1n) is 6.94. The monoisotopic (exact) mass is 349 g/mol. The fraction of sp³-hybridized carbons (Fsp3) is 0.400. The summed E-state index contributed by atoms with van der Waals surface area (Å²) in [6, 6.07) is 7.98. The fourth-order valence-corrected chi connectivity index (χ4v) is 2.70. The van der Waals surface area contributed by atoms with Gasteiger partial charge in [0.25, 0.3) is 0 Å². The van der Waals surface area contributed by atoms with Gasteiger partial charge in [-0.2, -0.15) is 4.98 Å². The maximum atomic E-state index is 12.4. The van der Waals surface area contributed by atoms with Crippen LogP contribution in [-0.4, -0.2) is 22.6 Å². The number of aryl methyl sites for hydroxylation is 1. The molecule has 21 heavy (non-hydrogen) atoms. The minimum absolute atomic E-state index is 0.0843. The molecule has 1 fully saturated rings. The van der Waals surface area contributed by atoms with Crippen LogP contribution in [-0.2, 0) is 16.6 Å². The lowest BCUT2D eigenvalue weighted by atomic mass is 9.95. The Morgan fingerprint density at radius 2 is 2.10 bits per heavy atom. The highest BCUT2D eigenvalue weighted by Crippen LogP contribution is 2.48. The molecule has 1 aromatic heterocycles. The number of nitrogens with one attached hydrogen (secondary N) is 1. The highest BCUT2D eigenvalue weighted by molar-refractivity contribution is 9.10. The van der Waals surface area contributed by atoms with Crippen molar-refractivity contribution in [2.75, 3.05) is 6.54 Å². The zero-order valence-corrected chi connectivity index (χ0v) is 13.3. The van der Waals surface area contributed by atoms with Crippen molar-refractivity contribution in [2.24, 2.45) is 0 Å². The molecule has 2 aromatic rings. The summed E-state index contributed by atoms with van der Waals surface area (Å²) in [7, 11) is 0. The summed E-state index contributed by atoms with van der Waals surface area (Å²) in [5.74, 6) is 1.26. The Morgan fingerprint density at radius 3 is 2.67 bits per heavy atom. The third kappa shape index (κ3) is 3.00. The molecule has 1 amide bonds. The zero-order valence-electron chi connectivity index (χ0n) is 11.7. The Kier molecular flexibility index (Phi) is 3.80. The van der Waals surface area contributed by atoms with Crippen LogP contribution < -0.4 is 5.32 Å². The number of carbonyl (C=O) groups is 1. The van der Waals surface area contributed by atoms with E-state index in [0.717, 1.165) is 22.9 Å². The summed E-state index contributed by atoms with van der Waals surface area (Å²) in [4.78, 5) is 16.5. The van der Waals surface area contributed by atoms with Crippen molar-refractivity contribution >= 4 is 21.8 Å². The number of rotatable bonds is 5. The third-order valence-corrected chi connectivity index (χ3v) is 4.30. The predicted octanol–water partition coefficient (Wildman–Crippen LogP) is 2.53. The summed E-state index contributed by atoms with van der Waals surface area (Å²) in [6.07, 6.45) is 2.36. The number of benzene rings is 1. The molecule has 1 aromatic carbocycles. The molecule has 0 bridgehead atoms. The first-order chi connectivity index (χ1) is 10.1. The number of halogens is 1. The van der Waals surface area contributed by atoms with E-state index >= 15 is 0 Å². The van der Waals surface area contributed by atoms with Gasteiger partial charge in [-0.1, -0.05) is 33.2 Å². The number of carbonyl (C=O) groups excluding carboxylic acids is 1. The third-order valence-electron chi connectivity index (χ3n) is 3.78. The lowest BCUT2D eigenvalue weighted by molar-refractivity contribution is -0.123. The number of hydrogen-bond donors (Lipinski definition) is 1. The lowest BCUT2D eigenvalue weighted by Gasteiger charge is -2.15. The molecule has 5 nitrogen and oxygen atoms in total. The zero-order chi connectivity index (χ0) is 14.9. The van der Waals surface area contributed by atoms with Crippen molar-refractivity contribution in [2.45, 2.75) is 31.6 Å². The van der Waals surface area contributed by atoms with Crippen LogP contribution in [0.3, 0.4) is 0 Å². The molecule has 0 radical (unpaired) electrons. The van der Waals surface area contributed by atoms with E-state index in [1.165, 1.54) is 0 Å². The quantitative estimate of drug-likeness (QED) is 0.900. The molecular formula is C15H16BrN3O2. The van der Waals surface area contributed by atoms with E-state index < -0.39 is 0 Å². The maximum Gasteiger partial charge on any atom is 0.230 e. The summed E-state index contributed by atoms with van der Waals surface area (Å²) in [6.45, 7) is 2.29. The molecule has 110 valence electrons. The van der Waals surface area contributed by atoms with E-state index in [-0.39, 0.29) is 11.3 Å². The van der Waals surface area contributed by atoms with Gasteiger partial charge in [0.1, 0.15) is 0 Å². The van der Waals surface area contributed by atoms with E-state index in [1.54, 1.807) is 6.92 Å². The number of hydrogen-bond acceptors (Lipinski definition) is 4. The first kappa shape index (κ1) is 14.3. The van der Waals surface area contributed by atoms with Gasteiger partial charge in [0.05, 0.1) is 5.41 Å². The second-order valence-corrected chi connectivity index (χ2v) is 6.25. The molecule has 1 saturated carbocycles. The van der Waals surface area contributed by atoms with E-state index in [1.807, 2.05) is 24.3 Å². The van der Waals surface area contributed by atoms with Crippen molar-refractivity contribution in [3.05, 3.63) is 46.0 Å². The molecule has 0 atom stereocenters. The molecule has 0 aliphatic heterocycles. The Balaban J connectivity index is 1.59. The SMILES string of the molecule is Cc1noc(CCNC(=O)C2(c3ccc(Br)cc3)CC2)n1. The van der Waals surface area contributed by atoms with E-state index in [4.69, 9.17) is 4.52 Å². The Hall–Kier alpha value is -1.69. The Bertz CT molecular complexity index is 647. The van der Waals surface area contributed by atoms with Crippen molar-refractivity contribution in [1.82, 2.24) is 15.5 Å². The number of amides is 1. The van der Waals surface area contributed by atoms with Gasteiger partial charge < -0.3 is 9.84 Å². The minimum atomic E-state index is -0.342. The van der Waals surface area contributed by atoms with Gasteiger partial charge in [0.15, 0.2) is 5.82 Å². The van der Waals surface area contributed by atoms with Crippen LogP contribution in [0.1, 0.15) is 30.1 Å². The van der Waals surface area contributed by atoms with Gasteiger partial charge >= 0.3 is 0 Å². The molecule has 1 aliphatic carbocycles. The summed E-state index contributed by atoms with van der Waals surface area (Å²) >= 11 is 3.42. The van der Waals surface area contributed by atoms with Gasteiger partial charge in [-0.3, -0.25) is 4.79 Å². The van der Waals surface area contributed by atoms with Crippen LogP contribution in [0, 0.1) is 6.92 Å². The lowest BCUT2D eigenvalue weighted by Crippen LogP contribution is -2.35. The molecule has 3 rings (SSSR count). The average Bonchev–Trinajstić information content (AvgIpc) is 3.18. The van der Waals surface area contributed by atoms with Crippen molar-refractivity contribution in [3.63, 3.8) is 0 Å². The van der Waals surface area contributed by atoms with Crippen molar-refractivity contribution in [1.29, 1.82) is 0 Å². The van der Waals surface area contributed by atoms with Crippen LogP contribution in [0.5, 0.6) is 0 Å². The Labute approximate surface area is 131 Å². The van der Waals surface area contributed by atoms with E-state index in [9.17, 15) is 4.79 Å². The van der Waals surface area contributed by atoms with Crippen molar-refractivity contribution in [3.8, 4) is 0 Å². The standard InChI is InChI=1S/C15H16BrN3O2/c1-10-18-13(21-19-10)6-9-17-14(20)15(7-8-15)11-2-4-12(16)5-3-11/h2-5H,6-9H2,1H3,(H,17,20). The summed E-state index contributed by atoms with van der Waals surface area (Å²) in [5, 5.41) is 6.71. The fourth-order valence-electron chi connectivity index (χ4n) is 2.43. The highest BCUT2D eigenvalue weighted by atomic mass is 79.9. The van der Waals surface area contributed by atoms with Gasteiger partial charge in [-0.15, -0.1) is 0 Å². The molecule has 6 heteroatoms. The van der Waals surface area contributed by atoms with Gasteiger partial charge in [0.2, 0.25) is 11.8 Å².